The number of hydrogen-bond donors (Lipinski definition) is 0. The van der Waals surface area contributed by atoms with E-state index in [1.807, 2.05) is 18.2 Å². The van der Waals surface area contributed by atoms with E-state index in [-0.39, 0.29) is 11.5 Å². The molecule has 3 rings (SSSR count). The quantitative estimate of drug-likeness (QED) is 0.611. The average Bonchev–Trinajstić information content (AvgIpc) is 2.90. The Morgan fingerprint density at radius 1 is 1.10 bits per heavy atom. The van der Waals surface area contributed by atoms with Gasteiger partial charge in [0.05, 0.1) is 0 Å². The highest BCUT2D eigenvalue weighted by Gasteiger charge is 2.12. The van der Waals surface area contributed by atoms with Crippen LogP contribution in [0.3, 0.4) is 0 Å². The molecule has 0 aliphatic heterocycles. The predicted molar refractivity (Wildman–Crippen MR) is 84.0 cm³/mol. The molecule has 2 aromatic carbocycles. The van der Waals surface area contributed by atoms with Crippen molar-refractivity contribution >= 4 is 46.0 Å². The summed E-state index contributed by atoms with van der Waals surface area (Å²) in [6.45, 7) is 0. The highest BCUT2D eigenvalue weighted by molar-refractivity contribution is 6.37. The largest absolute Gasteiger partial charge is 0.435 e. The van der Waals surface area contributed by atoms with Gasteiger partial charge in [-0.15, -0.1) is 0 Å². The number of aromatic nitrogens is 1. The number of allylic oxidation sites excluding steroid dienone is 1. The Labute approximate surface area is 131 Å². The molecule has 0 aliphatic carbocycles. The fraction of sp³-hybridized carbons (Fsp3) is 0. The van der Waals surface area contributed by atoms with Crippen LogP contribution < -0.4 is 0 Å². The number of para-hydroxylation sites is 2. The normalized spacial score (nSPS) is 11.6. The fourth-order valence-electron chi connectivity index (χ4n) is 1.92. The van der Waals surface area contributed by atoms with Crippen molar-refractivity contribution in [3.8, 4) is 6.07 Å². The van der Waals surface area contributed by atoms with Crippen molar-refractivity contribution in [3.63, 3.8) is 0 Å². The molecule has 0 spiro atoms. The maximum Gasteiger partial charge on any atom is 0.238 e. The molecule has 0 atom stereocenters. The molecule has 5 heteroatoms. The van der Waals surface area contributed by atoms with E-state index in [9.17, 15) is 5.26 Å². The lowest BCUT2D eigenvalue weighted by molar-refractivity contribution is 0.586. The summed E-state index contributed by atoms with van der Waals surface area (Å²) in [7, 11) is 0. The molecule has 3 aromatic rings. The number of benzene rings is 2. The van der Waals surface area contributed by atoms with Gasteiger partial charge in [-0.25, -0.2) is 4.98 Å². The third-order valence-electron chi connectivity index (χ3n) is 2.93. The maximum absolute atomic E-state index is 9.34. The molecule has 102 valence electrons. The Morgan fingerprint density at radius 3 is 2.48 bits per heavy atom. The summed E-state index contributed by atoms with van der Waals surface area (Å²) in [5, 5.41) is 10.3. The van der Waals surface area contributed by atoms with Crippen LogP contribution in [0.15, 0.2) is 46.9 Å². The first kappa shape index (κ1) is 13.7. The van der Waals surface area contributed by atoms with Crippen molar-refractivity contribution in [2.24, 2.45) is 0 Å². The van der Waals surface area contributed by atoms with Crippen LogP contribution >= 0.6 is 23.2 Å². The van der Waals surface area contributed by atoms with E-state index in [2.05, 4.69) is 11.1 Å². The number of rotatable bonds is 2. The van der Waals surface area contributed by atoms with Crippen molar-refractivity contribution in [3.05, 3.63) is 64.0 Å². The SMILES string of the molecule is N#CC(=Cc1c(Cl)cccc1Cl)c1nc2ccccc2o1. The first-order valence-corrected chi connectivity index (χ1v) is 6.86. The molecule has 0 N–H and O–H groups in total. The molecule has 0 aliphatic rings. The van der Waals surface area contributed by atoms with Crippen LogP contribution in [-0.2, 0) is 0 Å². The standard InChI is InChI=1S/C16H8Cl2N2O/c17-12-4-3-5-13(18)11(12)8-10(9-19)16-20-14-6-1-2-7-15(14)21-16/h1-8H. The van der Waals surface area contributed by atoms with E-state index in [4.69, 9.17) is 27.6 Å². The van der Waals surface area contributed by atoms with Crippen molar-refractivity contribution in [2.75, 3.05) is 0 Å². The number of fused-ring (bicyclic) bond motifs is 1. The lowest BCUT2D eigenvalue weighted by atomic mass is 10.1. The molecule has 3 nitrogen and oxygen atoms in total. The lowest BCUT2D eigenvalue weighted by Crippen LogP contribution is -1.84. The first-order chi connectivity index (χ1) is 10.2. The predicted octanol–water partition coefficient (Wildman–Crippen LogP) is 5.20. The van der Waals surface area contributed by atoms with E-state index < -0.39 is 0 Å². The van der Waals surface area contributed by atoms with Crippen LogP contribution in [0.1, 0.15) is 11.5 Å². The molecule has 0 bridgehead atoms. The van der Waals surface area contributed by atoms with E-state index >= 15 is 0 Å². The molecule has 0 unspecified atom stereocenters. The Hall–Kier alpha value is -2.28. The van der Waals surface area contributed by atoms with Gasteiger partial charge in [0.15, 0.2) is 5.58 Å². The summed E-state index contributed by atoms with van der Waals surface area (Å²) in [5.74, 6) is 0.245. The van der Waals surface area contributed by atoms with Gasteiger partial charge in [-0.3, -0.25) is 0 Å². The van der Waals surface area contributed by atoms with E-state index in [0.717, 1.165) is 0 Å². The van der Waals surface area contributed by atoms with E-state index in [1.165, 1.54) is 0 Å². The molecule has 1 aromatic heterocycles. The summed E-state index contributed by atoms with van der Waals surface area (Å²) >= 11 is 12.2. The van der Waals surface area contributed by atoms with Crippen LogP contribution in [0.4, 0.5) is 0 Å². The van der Waals surface area contributed by atoms with Crippen LogP contribution in [0.5, 0.6) is 0 Å². The zero-order valence-corrected chi connectivity index (χ0v) is 12.2. The van der Waals surface area contributed by atoms with Crippen LogP contribution in [0.25, 0.3) is 22.7 Å². The zero-order valence-electron chi connectivity index (χ0n) is 10.7. The molecule has 0 amide bonds. The maximum atomic E-state index is 9.34. The Bertz CT molecular complexity index is 837. The van der Waals surface area contributed by atoms with E-state index in [0.29, 0.717) is 26.7 Å². The van der Waals surface area contributed by atoms with Gasteiger partial charge in [-0.05, 0) is 30.3 Å². The first-order valence-electron chi connectivity index (χ1n) is 6.11. The highest BCUT2D eigenvalue weighted by atomic mass is 35.5. The summed E-state index contributed by atoms with van der Waals surface area (Å²) in [4.78, 5) is 4.30. The second-order valence-electron chi connectivity index (χ2n) is 4.29. The minimum absolute atomic E-state index is 0.245. The number of nitriles is 1. The van der Waals surface area contributed by atoms with E-state index in [1.54, 1.807) is 30.3 Å². The monoisotopic (exact) mass is 314 g/mol. The molecule has 0 saturated carbocycles. The van der Waals surface area contributed by atoms with Gasteiger partial charge in [-0.2, -0.15) is 5.26 Å². The van der Waals surface area contributed by atoms with Crippen molar-refractivity contribution in [1.29, 1.82) is 5.26 Å². The summed E-state index contributed by atoms with van der Waals surface area (Å²) in [6, 6.07) is 14.5. The number of oxazole rings is 1. The van der Waals surface area contributed by atoms with Crippen LogP contribution in [0, 0.1) is 11.3 Å². The molecule has 0 radical (unpaired) electrons. The van der Waals surface area contributed by atoms with Gasteiger partial charge in [0.2, 0.25) is 5.89 Å². The Balaban J connectivity index is 2.14. The third kappa shape index (κ3) is 2.64. The Morgan fingerprint density at radius 2 is 1.81 bits per heavy atom. The van der Waals surface area contributed by atoms with Gasteiger partial charge >= 0.3 is 0 Å². The zero-order chi connectivity index (χ0) is 14.8. The van der Waals surface area contributed by atoms with Crippen molar-refractivity contribution < 1.29 is 4.42 Å². The van der Waals surface area contributed by atoms with Crippen molar-refractivity contribution in [1.82, 2.24) is 4.98 Å². The van der Waals surface area contributed by atoms with Gasteiger partial charge < -0.3 is 4.42 Å². The van der Waals surface area contributed by atoms with Gasteiger partial charge in [0.25, 0.3) is 0 Å². The molecular weight excluding hydrogens is 307 g/mol. The minimum atomic E-state index is 0.245. The second-order valence-corrected chi connectivity index (χ2v) is 5.11. The highest BCUT2D eigenvalue weighted by Crippen LogP contribution is 2.29. The molecule has 0 fully saturated rings. The summed E-state index contributed by atoms with van der Waals surface area (Å²) in [6.07, 6.45) is 1.58. The minimum Gasteiger partial charge on any atom is -0.435 e. The molecular formula is C16H8Cl2N2O. The molecule has 0 saturated heterocycles. The smallest absolute Gasteiger partial charge is 0.238 e. The van der Waals surface area contributed by atoms with Crippen molar-refractivity contribution in [2.45, 2.75) is 0 Å². The lowest BCUT2D eigenvalue weighted by Gasteiger charge is -2.01. The number of halogens is 2. The van der Waals surface area contributed by atoms with Crippen LogP contribution in [-0.4, -0.2) is 4.98 Å². The van der Waals surface area contributed by atoms with Crippen LogP contribution in [0.2, 0.25) is 10.0 Å². The molecule has 1 heterocycles. The second kappa shape index (κ2) is 5.61. The average molecular weight is 315 g/mol. The summed E-state index contributed by atoms with van der Waals surface area (Å²) in [5.41, 5.74) is 2.15. The Kier molecular flexibility index (Phi) is 3.66. The third-order valence-corrected chi connectivity index (χ3v) is 3.59. The van der Waals surface area contributed by atoms with Gasteiger partial charge in [0.1, 0.15) is 17.2 Å². The molecule has 21 heavy (non-hydrogen) atoms. The topological polar surface area (TPSA) is 49.8 Å². The number of nitrogens with zero attached hydrogens (tertiary/aromatic N) is 2. The summed E-state index contributed by atoms with van der Waals surface area (Å²) < 4.78 is 5.58. The fourth-order valence-corrected chi connectivity index (χ4v) is 2.43. The van der Waals surface area contributed by atoms with Gasteiger partial charge in [-0.1, -0.05) is 41.4 Å². The van der Waals surface area contributed by atoms with Gasteiger partial charge in [0, 0.05) is 15.6 Å². The number of hydrogen-bond acceptors (Lipinski definition) is 3.